The molecule has 3 heterocycles. The summed E-state index contributed by atoms with van der Waals surface area (Å²) < 4.78 is 28.7. The molecule has 0 spiro atoms. The molecule has 19 heavy (non-hydrogen) atoms. The maximum Gasteiger partial charge on any atom is 0.242 e. The molecule has 2 saturated heterocycles. The predicted octanol–water partition coefficient (Wildman–Crippen LogP) is 2.33. The molecular formula is C12H17BrN2O2S2. The van der Waals surface area contributed by atoms with Crippen molar-refractivity contribution in [2.75, 3.05) is 13.1 Å². The topological polar surface area (TPSA) is 49.4 Å². The molecular weight excluding hydrogens is 348 g/mol. The molecule has 4 nitrogen and oxygen atoms in total. The van der Waals surface area contributed by atoms with Crippen molar-refractivity contribution in [2.24, 2.45) is 0 Å². The zero-order valence-electron chi connectivity index (χ0n) is 10.7. The molecule has 106 valence electrons. The van der Waals surface area contributed by atoms with Crippen LogP contribution in [-0.4, -0.2) is 38.5 Å². The monoisotopic (exact) mass is 364 g/mol. The van der Waals surface area contributed by atoms with Crippen molar-refractivity contribution in [3.63, 3.8) is 0 Å². The highest BCUT2D eigenvalue weighted by Gasteiger charge is 2.39. The predicted molar refractivity (Wildman–Crippen MR) is 80.1 cm³/mol. The van der Waals surface area contributed by atoms with Crippen molar-refractivity contribution in [3.8, 4) is 0 Å². The van der Waals surface area contributed by atoms with Crippen LogP contribution in [0, 0.1) is 6.92 Å². The van der Waals surface area contributed by atoms with E-state index in [-0.39, 0.29) is 6.04 Å². The molecule has 0 bridgehead atoms. The minimum Gasteiger partial charge on any atom is -0.299 e. The molecule has 0 aromatic carbocycles. The summed E-state index contributed by atoms with van der Waals surface area (Å²) in [4.78, 5) is 3.66. The van der Waals surface area contributed by atoms with Gasteiger partial charge in [-0.25, -0.2) is 13.1 Å². The van der Waals surface area contributed by atoms with Crippen LogP contribution in [0.15, 0.2) is 14.7 Å². The number of aryl methyl sites for hydroxylation is 1. The fourth-order valence-electron chi connectivity index (χ4n) is 3.18. The standard InChI is InChI=1S/C12H17BrN2O2S2/c1-8-11(7-12(13)18-8)19(16,17)14-9-4-6-15-5-2-3-10(9)15/h7,9-10,14H,2-6H2,1H3. The summed E-state index contributed by atoms with van der Waals surface area (Å²) in [6.45, 7) is 3.98. The summed E-state index contributed by atoms with van der Waals surface area (Å²) in [6.07, 6.45) is 3.22. The first kappa shape index (κ1) is 14.0. The highest BCUT2D eigenvalue weighted by molar-refractivity contribution is 9.11. The van der Waals surface area contributed by atoms with Gasteiger partial charge in [0.15, 0.2) is 0 Å². The largest absolute Gasteiger partial charge is 0.299 e. The van der Waals surface area contributed by atoms with E-state index in [9.17, 15) is 8.42 Å². The lowest BCUT2D eigenvalue weighted by atomic mass is 10.1. The normalized spacial score (nSPS) is 27.9. The Morgan fingerprint density at radius 3 is 2.89 bits per heavy atom. The number of rotatable bonds is 3. The number of thiophene rings is 1. The van der Waals surface area contributed by atoms with Crippen LogP contribution in [0.4, 0.5) is 0 Å². The van der Waals surface area contributed by atoms with Crippen LogP contribution in [0.2, 0.25) is 0 Å². The third-order valence-corrected chi connectivity index (χ3v) is 7.34. The van der Waals surface area contributed by atoms with Crippen LogP contribution in [0.25, 0.3) is 0 Å². The number of hydrogen-bond donors (Lipinski definition) is 1. The van der Waals surface area contributed by atoms with Crippen LogP contribution in [0.3, 0.4) is 0 Å². The van der Waals surface area contributed by atoms with E-state index >= 15 is 0 Å². The van der Waals surface area contributed by atoms with Gasteiger partial charge in [0.05, 0.1) is 8.68 Å². The quantitative estimate of drug-likeness (QED) is 0.895. The van der Waals surface area contributed by atoms with Crippen LogP contribution < -0.4 is 4.72 Å². The Morgan fingerprint density at radius 1 is 1.42 bits per heavy atom. The molecule has 1 N–H and O–H groups in total. The maximum absolute atomic E-state index is 12.5. The van der Waals surface area contributed by atoms with Crippen molar-refractivity contribution in [1.82, 2.24) is 9.62 Å². The summed E-state index contributed by atoms with van der Waals surface area (Å²) in [5.74, 6) is 0. The Bertz CT molecular complexity index is 585. The van der Waals surface area contributed by atoms with Gasteiger partial charge in [0, 0.05) is 23.5 Å². The first-order chi connectivity index (χ1) is 8.97. The number of halogens is 1. The van der Waals surface area contributed by atoms with Gasteiger partial charge in [-0.05, 0) is 54.7 Å². The fraction of sp³-hybridized carbons (Fsp3) is 0.667. The number of nitrogens with zero attached hydrogens (tertiary/aromatic N) is 1. The molecule has 2 fully saturated rings. The van der Waals surface area contributed by atoms with E-state index in [1.54, 1.807) is 6.07 Å². The molecule has 2 aliphatic heterocycles. The van der Waals surface area contributed by atoms with E-state index in [0.29, 0.717) is 10.9 Å². The third-order valence-electron chi connectivity index (χ3n) is 4.04. The minimum absolute atomic E-state index is 0.0746. The minimum atomic E-state index is -3.39. The van der Waals surface area contributed by atoms with Gasteiger partial charge in [0.25, 0.3) is 0 Å². The molecule has 2 aliphatic rings. The maximum atomic E-state index is 12.5. The van der Waals surface area contributed by atoms with Crippen molar-refractivity contribution < 1.29 is 8.42 Å². The number of sulfonamides is 1. The lowest BCUT2D eigenvalue weighted by Crippen LogP contribution is -2.42. The zero-order valence-corrected chi connectivity index (χ0v) is 13.9. The van der Waals surface area contributed by atoms with Gasteiger partial charge < -0.3 is 0 Å². The Kier molecular flexibility index (Phi) is 3.77. The van der Waals surface area contributed by atoms with E-state index in [0.717, 1.165) is 34.6 Å². The van der Waals surface area contributed by atoms with E-state index in [1.165, 1.54) is 17.8 Å². The van der Waals surface area contributed by atoms with Crippen LogP contribution in [0.5, 0.6) is 0 Å². The summed E-state index contributed by atoms with van der Waals surface area (Å²) in [7, 11) is -3.39. The van der Waals surface area contributed by atoms with E-state index in [2.05, 4.69) is 25.6 Å². The van der Waals surface area contributed by atoms with Gasteiger partial charge in [0.1, 0.15) is 0 Å². The summed E-state index contributed by atoms with van der Waals surface area (Å²) in [5, 5.41) is 0. The van der Waals surface area contributed by atoms with Gasteiger partial charge in [-0.3, -0.25) is 4.90 Å². The van der Waals surface area contributed by atoms with Gasteiger partial charge in [-0.1, -0.05) is 0 Å². The molecule has 2 unspecified atom stereocenters. The third kappa shape index (κ3) is 2.63. The zero-order chi connectivity index (χ0) is 13.6. The van der Waals surface area contributed by atoms with Crippen LogP contribution >= 0.6 is 27.3 Å². The first-order valence-electron chi connectivity index (χ1n) is 6.50. The van der Waals surface area contributed by atoms with E-state index in [1.807, 2.05) is 6.92 Å². The van der Waals surface area contributed by atoms with Gasteiger partial charge in [-0.2, -0.15) is 0 Å². The van der Waals surface area contributed by atoms with Gasteiger partial charge in [-0.15, -0.1) is 11.3 Å². The highest BCUT2D eigenvalue weighted by atomic mass is 79.9. The molecule has 1 aromatic rings. The van der Waals surface area contributed by atoms with Crippen molar-refractivity contribution in [1.29, 1.82) is 0 Å². The Labute approximate surface area is 126 Å². The number of hydrogen-bond acceptors (Lipinski definition) is 4. The molecule has 2 atom stereocenters. The highest BCUT2D eigenvalue weighted by Crippen LogP contribution is 2.32. The lowest BCUT2D eigenvalue weighted by Gasteiger charge is -2.21. The second-order valence-electron chi connectivity index (χ2n) is 5.23. The summed E-state index contributed by atoms with van der Waals surface area (Å²) >= 11 is 4.81. The lowest BCUT2D eigenvalue weighted by molar-refractivity contribution is 0.309. The van der Waals surface area contributed by atoms with E-state index in [4.69, 9.17) is 0 Å². The molecule has 0 radical (unpaired) electrons. The first-order valence-corrected chi connectivity index (χ1v) is 9.59. The number of fused-ring (bicyclic) bond motifs is 1. The fourth-order valence-corrected chi connectivity index (χ4v) is 6.90. The Hall–Kier alpha value is 0.0500. The van der Waals surface area contributed by atoms with E-state index < -0.39 is 10.0 Å². The molecule has 0 aliphatic carbocycles. The summed E-state index contributed by atoms with van der Waals surface area (Å²) in [6, 6.07) is 2.17. The van der Waals surface area contributed by atoms with Crippen LogP contribution in [-0.2, 0) is 10.0 Å². The van der Waals surface area contributed by atoms with Crippen molar-refractivity contribution >= 4 is 37.3 Å². The van der Waals surface area contributed by atoms with Gasteiger partial charge >= 0.3 is 0 Å². The van der Waals surface area contributed by atoms with Crippen molar-refractivity contribution in [3.05, 3.63) is 14.7 Å². The molecule has 3 rings (SSSR count). The van der Waals surface area contributed by atoms with Crippen molar-refractivity contribution in [2.45, 2.75) is 43.2 Å². The average molecular weight is 365 g/mol. The molecule has 0 saturated carbocycles. The number of nitrogens with one attached hydrogen (secondary N) is 1. The smallest absolute Gasteiger partial charge is 0.242 e. The second-order valence-corrected chi connectivity index (χ2v) is 9.55. The Morgan fingerprint density at radius 2 is 2.21 bits per heavy atom. The van der Waals surface area contributed by atoms with Gasteiger partial charge in [0.2, 0.25) is 10.0 Å². The molecule has 1 aromatic heterocycles. The summed E-state index contributed by atoms with van der Waals surface area (Å²) in [5.41, 5.74) is 0. The average Bonchev–Trinajstić information content (AvgIpc) is 2.97. The van der Waals surface area contributed by atoms with Crippen LogP contribution in [0.1, 0.15) is 24.1 Å². The second kappa shape index (κ2) is 5.11. The molecule has 7 heteroatoms. The Balaban J connectivity index is 1.80. The molecule has 0 amide bonds. The SMILES string of the molecule is Cc1sc(Br)cc1S(=O)(=O)NC1CCN2CCCC12.